The van der Waals surface area contributed by atoms with Crippen molar-refractivity contribution in [2.75, 3.05) is 13.7 Å². The standard InChI is InChI=1S/C17H13F2NO7/c1-25-14-7-11(12(20(23)24)8-15(14)27-17(18)19)16(22)26-9-13(21)10-5-3-2-4-6-10/h2-8,17H,9H2,1H3. The van der Waals surface area contributed by atoms with Gasteiger partial charge in [-0.2, -0.15) is 8.78 Å². The molecule has 0 aromatic heterocycles. The molecule has 0 unspecified atom stereocenters. The van der Waals surface area contributed by atoms with Gasteiger partial charge in [0.1, 0.15) is 5.56 Å². The van der Waals surface area contributed by atoms with Gasteiger partial charge in [-0.25, -0.2) is 4.79 Å². The molecule has 0 saturated carbocycles. The van der Waals surface area contributed by atoms with Gasteiger partial charge in [-0.3, -0.25) is 14.9 Å². The summed E-state index contributed by atoms with van der Waals surface area (Å²) < 4.78 is 38.6. The molecule has 8 nitrogen and oxygen atoms in total. The number of carbonyl (C=O) groups excluding carboxylic acids is 2. The maximum atomic E-state index is 12.4. The third kappa shape index (κ3) is 4.97. The zero-order valence-corrected chi connectivity index (χ0v) is 13.9. The molecule has 27 heavy (non-hydrogen) atoms. The van der Waals surface area contributed by atoms with E-state index in [1.54, 1.807) is 18.2 Å². The fourth-order valence-electron chi connectivity index (χ4n) is 2.13. The van der Waals surface area contributed by atoms with Crippen LogP contribution >= 0.6 is 0 Å². The Morgan fingerprint density at radius 1 is 1.15 bits per heavy atom. The molecule has 0 heterocycles. The van der Waals surface area contributed by atoms with Crippen molar-refractivity contribution in [1.29, 1.82) is 0 Å². The number of benzene rings is 2. The van der Waals surface area contributed by atoms with Crippen LogP contribution in [0.25, 0.3) is 0 Å². The SMILES string of the molecule is COc1cc(C(=O)OCC(=O)c2ccccc2)c([N+](=O)[O-])cc1OC(F)F. The van der Waals surface area contributed by atoms with E-state index in [9.17, 15) is 28.5 Å². The van der Waals surface area contributed by atoms with Gasteiger partial charge in [-0.1, -0.05) is 30.3 Å². The maximum Gasteiger partial charge on any atom is 0.387 e. The van der Waals surface area contributed by atoms with Crippen molar-refractivity contribution < 1.29 is 37.5 Å². The predicted octanol–water partition coefficient (Wildman–Crippen LogP) is 3.24. The predicted molar refractivity (Wildman–Crippen MR) is 87.3 cm³/mol. The second kappa shape index (κ2) is 8.70. The Morgan fingerprint density at radius 2 is 1.81 bits per heavy atom. The molecule has 2 aromatic carbocycles. The van der Waals surface area contributed by atoms with Crippen LogP contribution < -0.4 is 9.47 Å². The zero-order valence-electron chi connectivity index (χ0n) is 13.9. The molecule has 0 bridgehead atoms. The van der Waals surface area contributed by atoms with Gasteiger partial charge in [0.2, 0.25) is 0 Å². The summed E-state index contributed by atoms with van der Waals surface area (Å²) in [7, 11) is 1.10. The summed E-state index contributed by atoms with van der Waals surface area (Å²) in [5.74, 6) is -2.65. The molecule has 142 valence electrons. The number of ketones is 1. The molecular weight excluding hydrogens is 368 g/mol. The quantitative estimate of drug-likeness (QED) is 0.299. The Labute approximate surface area is 151 Å². The summed E-state index contributed by atoms with van der Waals surface area (Å²) in [5.41, 5.74) is -1.11. The highest BCUT2D eigenvalue weighted by Gasteiger charge is 2.27. The molecule has 0 saturated heterocycles. The topological polar surface area (TPSA) is 105 Å². The number of alkyl halides is 2. The number of methoxy groups -OCH3 is 1. The largest absolute Gasteiger partial charge is 0.493 e. The van der Waals surface area contributed by atoms with Crippen molar-refractivity contribution in [3.05, 3.63) is 63.7 Å². The van der Waals surface area contributed by atoms with Crippen molar-refractivity contribution in [3.63, 3.8) is 0 Å². The first kappa shape index (κ1) is 19.8. The number of carbonyl (C=O) groups is 2. The van der Waals surface area contributed by atoms with E-state index < -0.39 is 46.9 Å². The minimum Gasteiger partial charge on any atom is -0.493 e. The lowest BCUT2D eigenvalue weighted by Gasteiger charge is -2.12. The average Bonchev–Trinajstić information content (AvgIpc) is 2.65. The second-order valence-corrected chi connectivity index (χ2v) is 5.02. The first-order valence-electron chi connectivity index (χ1n) is 7.40. The Balaban J connectivity index is 2.26. The molecule has 0 spiro atoms. The molecular formula is C17H13F2NO7. The van der Waals surface area contributed by atoms with E-state index in [0.29, 0.717) is 6.07 Å². The highest BCUT2D eigenvalue weighted by Crippen LogP contribution is 2.36. The minimum atomic E-state index is -3.25. The number of nitrogens with zero attached hydrogens (tertiary/aromatic N) is 1. The van der Waals surface area contributed by atoms with E-state index in [4.69, 9.17) is 9.47 Å². The maximum absolute atomic E-state index is 12.4. The number of Topliss-reactive ketones (excluding diaryl/α,β-unsaturated/α-hetero) is 1. The Morgan fingerprint density at radius 3 is 2.37 bits per heavy atom. The number of hydrogen-bond acceptors (Lipinski definition) is 7. The van der Waals surface area contributed by atoms with Crippen LogP contribution in [0.5, 0.6) is 11.5 Å². The number of esters is 1. The molecule has 0 radical (unpaired) electrons. The molecule has 0 amide bonds. The van der Waals surface area contributed by atoms with Crippen molar-refractivity contribution in [2.45, 2.75) is 6.61 Å². The number of hydrogen-bond donors (Lipinski definition) is 0. The van der Waals surface area contributed by atoms with E-state index in [-0.39, 0.29) is 11.3 Å². The fourth-order valence-corrected chi connectivity index (χ4v) is 2.13. The van der Waals surface area contributed by atoms with Crippen LogP contribution in [0.3, 0.4) is 0 Å². The minimum absolute atomic E-state index is 0.290. The molecule has 0 atom stereocenters. The molecule has 0 fully saturated rings. The van der Waals surface area contributed by atoms with E-state index in [2.05, 4.69) is 4.74 Å². The third-order valence-electron chi connectivity index (χ3n) is 3.34. The molecule has 2 aromatic rings. The van der Waals surface area contributed by atoms with Gasteiger partial charge in [0, 0.05) is 11.6 Å². The van der Waals surface area contributed by atoms with Crippen molar-refractivity contribution >= 4 is 17.4 Å². The lowest BCUT2D eigenvalue weighted by Crippen LogP contribution is -2.16. The van der Waals surface area contributed by atoms with Gasteiger partial charge < -0.3 is 14.2 Å². The number of ether oxygens (including phenoxy) is 3. The van der Waals surface area contributed by atoms with E-state index in [1.807, 2.05) is 0 Å². The summed E-state index contributed by atoms with van der Waals surface area (Å²) in [6.45, 7) is -3.91. The van der Waals surface area contributed by atoms with Crippen LogP contribution in [0.1, 0.15) is 20.7 Å². The first-order valence-corrected chi connectivity index (χ1v) is 7.40. The lowest BCUT2D eigenvalue weighted by molar-refractivity contribution is -0.385. The molecule has 0 N–H and O–H groups in total. The van der Waals surface area contributed by atoms with Crippen LogP contribution in [-0.2, 0) is 4.74 Å². The molecule has 0 aliphatic rings. The number of nitro groups is 1. The van der Waals surface area contributed by atoms with Crippen LogP contribution in [0, 0.1) is 10.1 Å². The smallest absolute Gasteiger partial charge is 0.387 e. The molecule has 10 heteroatoms. The van der Waals surface area contributed by atoms with Crippen molar-refractivity contribution in [3.8, 4) is 11.5 Å². The van der Waals surface area contributed by atoms with Gasteiger partial charge in [0.05, 0.1) is 18.1 Å². The van der Waals surface area contributed by atoms with E-state index in [0.717, 1.165) is 13.2 Å². The molecule has 2 rings (SSSR count). The summed E-state index contributed by atoms with van der Waals surface area (Å²) in [5, 5.41) is 11.2. The monoisotopic (exact) mass is 381 g/mol. The Kier molecular flexibility index (Phi) is 6.36. The average molecular weight is 381 g/mol. The van der Waals surface area contributed by atoms with Crippen molar-refractivity contribution in [1.82, 2.24) is 0 Å². The fraction of sp³-hybridized carbons (Fsp3) is 0.176. The van der Waals surface area contributed by atoms with Gasteiger partial charge in [0.25, 0.3) is 5.69 Å². The normalized spacial score (nSPS) is 10.4. The third-order valence-corrected chi connectivity index (χ3v) is 3.34. The first-order chi connectivity index (χ1) is 12.8. The molecule has 0 aliphatic heterocycles. The number of nitro benzene ring substituents is 1. The number of rotatable bonds is 8. The number of halogens is 2. The van der Waals surface area contributed by atoms with Crippen LogP contribution in [0.2, 0.25) is 0 Å². The van der Waals surface area contributed by atoms with E-state index >= 15 is 0 Å². The highest BCUT2D eigenvalue weighted by atomic mass is 19.3. The van der Waals surface area contributed by atoms with E-state index in [1.165, 1.54) is 12.1 Å². The Bertz CT molecular complexity index is 856. The summed E-state index contributed by atoms with van der Waals surface area (Å²) >= 11 is 0. The summed E-state index contributed by atoms with van der Waals surface area (Å²) in [6.07, 6.45) is 0. The molecule has 0 aliphatic carbocycles. The van der Waals surface area contributed by atoms with Gasteiger partial charge in [-0.15, -0.1) is 0 Å². The van der Waals surface area contributed by atoms with Crippen LogP contribution in [-0.4, -0.2) is 37.0 Å². The highest BCUT2D eigenvalue weighted by molar-refractivity contribution is 6.00. The van der Waals surface area contributed by atoms with Gasteiger partial charge in [0.15, 0.2) is 23.9 Å². The summed E-state index contributed by atoms with van der Waals surface area (Å²) in [6, 6.07) is 9.42. The summed E-state index contributed by atoms with van der Waals surface area (Å²) in [4.78, 5) is 34.3. The zero-order chi connectivity index (χ0) is 20.0. The van der Waals surface area contributed by atoms with Crippen LogP contribution in [0.15, 0.2) is 42.5 Å². The lowest BCUT2D eigenvalue weighted by atomic mass is 10.1. The van der Waals surface area contributed by atoms with Crippen molar-refractivity contribution in [2.24, 2.45) is 0 Å². The second-order valence-electron chi connectivity index (χ2n) is 5.02. The Hall–Kier alpha value is -3.56. The van der Waals surface area contributed by atoms with Gasteiger partial charge >= 0.3 is 12.6 Å². The van der Waals surface area contributed by atoms with Crippen LogP contribution in [0.4, 0.5) is 14.5 Å². The van der Waals surface area contributed by atoms with Gasteiger partial charge in [-0.05, 0) is 0 Å².